The lowest BCUT2D eigenvalue weighted by Gasteiger charge is -2.05. The summed E-state index contributed by atoms with van der Waals surface area (Å²) >= 11 is 10.6. The normalized spacial score (nSPS) is 9.62. The molecule has 0 saturated heterocycles. The summed E-state index contributed by atoms with van der Waals surface area (Å²) in [5.74, 6) is -0.769. The minimum Gasteiger partial charge on any atom is -0.426 e. The van der Waals surface area contributed by atoms with Crippen molar-refractivity contribution in [1.82, 2.24) is 0 Å². The van der Waals surface area contributed by atoms with E-state index in [4.69, 9.17) is 27.9 Å². The van der Waals surface area contributed by atoms with Gasteiger partial charge in [0.05, 0.1) is 0 Å². The molecular weight excluding hydrogens is 253 g/mol. The van der Waals surface area contributed by atoms with E-state index in [1.165, 1.54) is 0 Å². The number of rotatable bonds is 4. The molecule has 0 aliphatic heterocycles. The smallest absolute Gasteiger partial charge is 0.326 e. The van der Waals surface area contributed by atoms with Crippen LogP contribution in [0.2, 0.25) is 0 Å². The van der Waals surface area contributed by atoms with Crippen molar-refractivity contribution in [2.24, 2.45) is 0 Å². The summed E-state index contributed by atoms with van der Waals surface area (Å²) in [5, 5.41) is 2.55. The van der Waals surface area contributed by atoms with E-state index in [0.29, 0.717) is 11.4 Å². The largest absolute Gasteiger partial charge is 0.426 e. The third-order valence-corrected chi connectivity index (χ3v) is 2.06. The van der Waals surface area contributed by atoms with Crippen molar-refractivity contribution in [3.8, 4) is 5.75 Å². The van der Waals surface area contributed by atoms with Gasteiger partial charge in [-0.15, -0.1) is 23.2 Å². The molecule has 0 radical (unpaired) electrons. The van der Waals surface area contributed by atoms with E-state index in [1.54, 1.807) is 24.3 Å². The van der Waals surface area contributed by atoms with Crippen molar-refractivity contribution in [1.29, 1.82) is 0 Å². The molecule has 0 aromatic heterocycles. The number of hydrogen-bond donors (Lipinski definition) is 1. The first-order valence-corrected chi connectivity index (χ1v) is 5.45. The van der Waals surface area contributed by atoms with Crippen LogP contribution in [0.3, 0.4) is 0 Å². The number of hydrogen-bond acceptors (Lipinski definition) is 3. The predicted octanol–water partition coefficient (Wildman–Crippen LogP) is 2.01. The van der Waals surface area contributed by atoms with Crippen molar-refractivity contribution in [3.63, 3.8) is 0 Å². The Balaban J connectivity index is 2.60. The topological polar surface area (TPSA) is 55.4 Å². The second-order valence-electron chi connectivity index (χ2n) is 2.81. The first-order valence-electron chi connectivity index (χ1n) is 4.38. The highest BCUT2D eigenvalue weighted by molar-refractivity contribution is 6.29. The number of carbonyl (C=O) groups is 2. The molecule has 4 nitrogen and oxygen atoms in total. The van der Waals surface area contributed by atoms with E-state index in [9.17, 15) is 9.59 Å². The summed E-state index contributed by atoms with van der Waals surface area (Å²) in [6.45, 7) is 0. The fourth-order valence-electron chi connectivity index (χ4n) is 0.959. The maximum atomic E-state index is 10.9. The van der Waals surface area contributed by atoms with Crippen LogP contribution in [0, 0.1) is 0 Å². The first-order chi connectivity index (χ1) is 7.65. The molecule has 0 unspecified atom stereocenters. The van der Waals surface area contributed by atoms with Gasteiger partial charge in [-0.05, 0) is 24.3 Å². The second kappa shape index (κ2) is 6.35. The van der Waals surface area contributed by atoms with Crippen LogP contribution in [-0.4, -0.2) is 23.6 Å². The Morgan fingerprint density at radius 1 is 1.12 bits per heavy atom. The number of halogens is 2. The monoisotopic (exact) mass is 261 g/mol. The lowest BCUT2D eigenvalue weighted by molar-refractivity contribution is -0.131. The van der Waals surface area contributed by atoms with Crippen molar-refractivity contribution in [3.05, 3.63) is 24.3 Å². The average molecular weight is 262 g/mol. The molecule has 0 aliphatic rings. The number of anilines is 1. The molecule has 16 heavy (non-hydrogen) atoms. The minimum absolute atomic E-state index is 0.108. The van der Waals surface area contributed by atoms with Crippen LogP contribution < -0.4 is 10.1 Å². The van der Waals surface area contributed by atoms with E-state index >= 15 is 0 Å². The molecule has 0 spiro atoms. The van der Waals surface area contributed by atoms with Crippen molar-refractivity contribution < 1.29 is 14.3 Å². The Kier molecular flexibility index (Phi) is 5.08. The molecule has 0 fully saturated rings. The Morgan fingerprint density at radius 3 is 2.25 bits per heavy atom. The molecule has 1 aromatic carbocycles. The summed E-state index contributed by atoms with van der Waals surface area (Å²) < 4.78 is 4.84. The number of amides is 1. The third kappa shape index (κ3) is 4.08. The van der Waals surface area contributed by atoms with Gasteiger partial charge in [0.15, 0.2) is 0 Å². The quantitative estimate of drug-likeness (QED) is 0.513. The Labute approximate surface area is 102 Å². The van der Waals surface area contributed by atoms with E-state index in [0.717, 1.165) is 0 Å². The van der Waals surface area contributed by atoms with Gasteiger partial charge in [-0.2, -0.15) is 0 Å². The zero-order valence-electron chi connectivity index (χ0n) is 8.20. The predicted molar refractivity (Wildman–Crippen MR) is 62.1 cm³/mol. The highest BCUT2D eigenvalue weighted by Gasteiger charge is 2.03. The average Bonchev–Trinajstić information content (AvgIpc) is 2.31. The van der Waals surface area contributed by atoms with Crippen LogP contribution in [0.1, 0.15) is 0 Å². The molecule has 1 aromatic rings. The zero-order valence-corrected chi connectivity index (χ0v) is 9.72. The molecule has 1 amide bonds. The fourth-order valence-corrected chi connectivity index (χ4v) is 1.08. The van der Waals surface area contributed by atoms with Crippen LogP contribution in [0.15, 0.2) is 24.3 Å². The minimum atomic E-state index is -0.529. The van der Waals surface area contributed by atoms with Crippen LogP contribution in [0.25, 0.3) is 0 Å². The summed E-state index contributed by atoms with van der Waals surface area (Å²) in [6.07, 6.45) is 0. The maximum absolute atomic E-state index is 10.9. The fraction of sp³-hybridized carbons (Fsp3) is 0.200. The van der Waals surface area contributed by atoms with Crippen LogP contribution in [0.4, 0.5) is 5.69 Å². The summed E-state index contributed by atoms with van der Waals surface area (Å²) in [7, 11) is 0. The summed E-state index contributed by atoms with van der Waals surface area (Å²) in [5.41, 5.74) is 0.580. The number of carbonyl (C=O) groups excluding carboxylic acids is 2. The van der Waals surface area contributed by atoms with Crippen LogP contribution in [-0.2, 0) is 9.59 Å². The number of benzene rings is 1. The molecule has 1 rings (SSSR count). The van der Waals surface area contributed by atoms with Gasteiger partial charge in [0, 0.05) is 5.69 Å². The van der Waals surface area contributed by atoms with E-state index < -0.39 is 5.97 Å². The van der Waals surface area contributed by atoms with Gasteiger partial charge in [0.25, 0.3) is 0 Å². The number of ether oxygens (including phenoxy) is 1. The SMILES string of the molecule is O=C(CCl)Nc1ccc(OC(=O)CCl)cc1. The van der Waals surface area contributed by atoms with Crippen LogP contribution in [0.5, 0.6) is 5.75 Å². The Morgan fingerprint density at radius 2 is 1.75 bits per heavy atom. The van der Waals surface area contributed by atoms with E-state index in [2.05, 4.69) is 5.32 Å². The standard InChI is InChI=1S/C10H9Cl2NO3/c11-5-9(14)13-7-1-3-8(4-2-7)16-10(15)6-12/h1-4H,5-6H2,(H,13,14). The van der Waals surface area contributed by atoms with E-state index in [1.807, 2.05) is 0 Å². The zero-order chi connectivity index (χ0) is 12.0. The van der Waals surface area contributed by atoms with Crippen molar-refractivity contribution in [2.75, 3.05) is 17.1 Å². The van der Waals surface area contributed by atoms with Gasteiger partial charge in [-0.3, -0.25) is 9.59 Å². The Hall–Kier alpha value is -1.26. The molecule has 86 valence electrons. The molecule has 6 heteroatoms. The number of alkyl halides is 2. The van der Waals surface area contributed by atoms with E-state index in [-0.39, 0.29) is 17.7 Å². The number of nitrogens with one attached hydrogen (secondary N) is 1. The summed E-state index contributed by atoms with van der Waals surface area (Å²) in [4.78, 5) is 21.8. The number of esters is 1. The molecule has 0 atom stereocenters. The highest BCUT2D eigenvalue weighted by Crippen LogP contribution is 2.15. The molecule has 0 bridgehead atoms. The molecule has 0 heterocycles. The maximum Gasteiger partial charge on any atom is 0.326 e. The third-order valence-electron chi connectivity index (χ3n) is 1.60. The molecule has 0 saturated carbocycles. The van der Waals surface area contributed by atoms with Gasteiger partial charge >= 0.3 is 5.97 Å². The highest BCUT2D eigenvalue weighted by atomic mass is 35.5. The van der Waals surface area contributed by atoms with Gasteiger partial charge in [-0.1, -0.05) is 0 Å². The summed E-state index contributed by atoms with van der Waals surface area (Å²) in [6, 6.07) is 6.30. The molecule has 0 aliphatic carbocycles. The van der Waals surface area contributed by atoms with Crippen molar-refractivity contribution >= 4 is 40.8 Å². The lowest BCUT2D eigenvalue weighted by Crippen LogP contribution is -2.12. The van der Waals surface area contributed by atoms with Gasteiger partial charge in [0.1, 0.15) is 17.5 Å². The lowest BCUT2D eigenvalue weighted by atomic mass is 10.3. The van der Waals surface area contributed by atoms with Gasteiger partial charge in [-0.25, -0.2) is 0 Å². The molecular formula is C10H9Cl2NO3. The van der Waals surface area contributed by atoms with Crippen LogP contribution >= 0.6 is 23.2 Å². The van der Waals surface area contributed by atoms with Gasteiger partial charge < -0.3 is 10.1 Å². The first kappa shape index (κ1) is 12.8. The molecule has 1 N–H and O–H groups in total. The van der Waals surface area contributed by atoms with Gasteiger partial charge in [0.2, 0.25) is 5.91 Å². The Bertz CT molecular complexity index is 341. The van der Waals surface area contributed by atoms with Crippen molar-refractivity contribution in [2.45, 2.75) is 0 Å². The second-order valence-corrected chi connectivity index (χ2v) is 3.35.